The summed E-state index contributed by atoms with van der Waals surface area (Å²) in [7, 11) is 3.69. The van der Waals surface area contributed by atoms with Crippen LogP contribution in [0.3, 0.4) is 0 Å². The Morgan fingerprint density at radius 1 is 1.12 bits per heavy atom. The second-order valence-electron chi connectivity index (χ2n) is 8.55. The molecule has 1 heterocycles. The standard InChI is InChI=1S/C25H29FN2O4/c1-16(2)15-32-18-11-9-17(10-12-18)23(29)21-22(19-7-5-6-8-20(19)26)28(14-13-27(3)4)25(31)24(21)30/h5-12,16,22,29H,13-15H2,1-4H3/b23-21-. The molecular weight excluding hydrogens is 411 g/mol. The van der Waals surface area contributed by atoms with Crippen molar-refractivity contribution >= 4 is 17.4 Å². The van der Waals surface area contributed by atoms with E-state index in [-0.39, 0.29) is 23.4 Å². The number of likely N-dealkylation sites (tertiary alicyclic amines) is 1. The molecule has 0 aliphatic carbocycles. The van der Waals surface area contributed by atoms with Crippen LogP contribution in [0.1, 0.15) is 31.0 Å². The number of rotatable bonds is 8. The van der Waals surface area contributed by atoms with Crippen molar-refractivity contribution < 1.29 is 23.8 Å². The number of likely N-dealkylation sites (N-methyl/N-ethyl adjacent to an activating group) is 1. The largest absolute Gasteiger partial charge is 0.507 e. The van der Waals surface area contributed by atoms with Crippen LogP contribution < -0.4 is 4.74 Å². The monoisotopic (exact) mass is 440 g/mol. The molecule has 3 rings (SSSR count). The van der Waals surface area contributed by atoms with E-state index < -0.39 is 23.5 Å². The van der Waals surface area contributed by atoms with Crippen molar-refractivity contribution in [1.82, 2.24) is 9.80 Å². The highest BCUT2D eigenvalue weighted by Crippen LogP contribution is 2.40. The molecule has 0 radical (unpaired) electrons. The zero-order valence-corrected chi connectivity index (χ0v) is 18.8. The number of Topliss-reactive ketones (excluding diaryl/α,β-unsaturated/α-hetero) is 1. The molecule has 7 heteroatoms. The highest BCUT2D eigenvalue weighted by atomic mass is 19.1. The number of aliphatic hydroxyl groups excluding tert-OH is 1. The Morgan fingerprint density at radius 3 is 2.38 bits per heavy atom. The summed E-state index contributed by atoms with van der Waals surface area (Å²) < 4.78 is 20.4. The molecule has 1 fully saturated rings. The minimum atomic E-state index is -1.01. The average molecular weight is 441 g/mol. The molecule has 1 amide bonds. The molecule has 1 aliphatic heterocycles. The number of halogens is 1. The zero-order chi connectivity index (χ0) is 23.4. The van der Waals surface area contributed by atoms with Gasteiger partial charge in [-0.05, 0) is 50.3 Å². The fourth-order valence-corrected chi connectivity index (χ4v) is 3.57. The Bertz CT molecular complexity index is 1010. The number of carbonyl (C=O) groups is 2. The number of ether oxygens (including phenoxy) is 1. The number of aliphatic hydroxyl groups is 1. The van der Waals surface area contributed by atoms with Crippen molar-refractivity contribution in [3.05, 3.63) is 71.0 Å². The average Bonchev–Trinajstić information content (AvgIpc) is 3.01. The number of carbonyl (C=O) groups excluding carboxylic acids is 2. The summed E-state index contributed by atoms with van der Waals surface area (Å²) in [5.41, 5.74) is 0.410. The lowest BCUT2D eigenvalue weighted by atomic mass is 9.95. The van der Waals surface area contributed by atoms with Crippen LogP contribution in [0.15, 0.2) is 54.1 Å². The SMILES string of the molecule is CC(C)COc1ccc(/C(O)=C2/C(=O)C(=O)N(CCN(C)C)C2c2ccccc2F)cc1. The quantitative estimate of drug-likeness (QED) is 0.384. The molecule has 0 bridgehead atoms. The number of hydrogen-bond donors (Lipinski definition) is 1. The van der Waals surface area contributed by atoms with Gasteiger partial charge in [-0.1, -0.05) is 32.0 Å². The molecule has 0 spiro atoms. The summed E-state index contributed by atoms with van der Waals surface area (Å²) >= 11 is 0. The Hall–Kier alpha value is -3.19. The first-order chi connectivity index (χ1) is 15.2. The molecule has 1 saturated heterocycles. The van der Waals surface area contributed by atoms with E-state index in [9.17, 15) is 19.1 Å². The molecular formula is C25H29FN2O4. The number of amides is 1. The van der Waals surface area contributed by atoms with Crippen molar-refractivity contribution in [2.24, 2.45) is 5.92 Å². The maximum atomic E-state index is 14.7. The van der Waals surface area contributed by atoms with Crippen molar-refractivity contribution in [2.75, 3.05) is 33.8 Å². The fourth-order valence-electron chi connectivity index (χ4n) is 3.57. The van der Waals surface area contributed by atoms with E-state index in [1.54, 1.807) is 36.4 Å². The highest BCUT2D eigenvalue weighted by Gasteiger charge is 2.46. The Morgan fingerprint density at radius 2 is 1.78 bits per heavy atom. The Balaban J connectivity index is 2.04. The van der Waals surface area contributed by atoms with Gasteiger partial charge in [0.25, 0.3) is 11.7 Å². The number of hydrogen-bond acceptors (Lipinski definition) is 5. The van der Waals surface area contributed by atoms with E-state index in [4.69, 9.17) is 4.74 Å². The zero-order valence-electron chi connectivity index (χ0n) is 18.8. The normalized spacial score (nSPS) is 18.1. The van der Waals surface area contributed by atoms with Gasteiger partial charge in [-0.25, -0.2) is 4.39 Å². The van der Waals surface area contributed by atoms with Crippen LogP contribution in [0.5, 0.6) is 5.75 Å². The summed E-state index contributed by atoms with van der Waals surface area (Å²) in [6.45, 7) is 5.33. The predicted molar refractivity (Wildman–Crippen MR) is 121 cm³/mol. The second-order valence-corrected chi connectivity index (χ2v) is 8.55. The first-order valence-electron chi connectivity index (χ1n) is 10.6. The van der Waals surface area contributed by atoms with Gasteiger partial charge in [-0.3, -0.25) is 9.59 Å². The smallest absolute Gasteiger partial charge is 0.295 e. The summed E-state index contributed by atoms with van der Waals surface area (Å²) in [5.74, 6) is -1.46. The van der Waals surface area contributed by atoms with Crippen molar-refractivity contribution in [3.63, 3.8) is 0 Å². The van der Waals surface area contributed by atoms with E-state index in [0.717, 1.165) is 0 Å². The molecule has 1 atom stereocenters. The van der Waals surface area contributed by atoms with E-state index in [1.807, 2.05) is 32.8 Å². The van der Waals surface area contributed by atoms with Gasteiger partial charge >= 0.3 is 0 Å². The molecule has 0 saturated carbocycles. The van der Waals surface area contributed by atoms with Gasteiger partial charge in [0.15, 0.2) is 0 Å². The molecule has 0 aromatic heterocycles. The van der Waals surface area contributed by atoms with E-state index in [0.29, 0.717) is 30.4 Å². The van der Waals surface area contributed by atoms with Gasteiger partial charge in [0.2, 0.25) is 0 Å². The van der Waals surface area contributed by atoms with Gasteiger partial charge < -0.3 is 19.6 Å². The minimum absolute atomic E-state index is 0.116. The van der Waals surface area contributed by atoms with Crippen LogP contribution in [0.2, 0.25) is 0 Å². The van der Waals surface area contributed by atoms with Gasteiger partial charge in [-0.2, -0.15) is 0 Å². The topological polar surface area (TPSA) is 70.1 Å². The van der Waals surface area contributed by atoms with Crippen molar-refractivity contribution in [1.29, 1.82) is 0 Å². The summed E-state index contributed by atoms with van der Waals surface area (Å²) in [5, 5.41) is 11.0. The van der Waals surface area contributed by atoms with Gasteiger partial charge in [0.05, 0.1) is 18.2 Å². The van der Waals surface area contributed by atoms with Crippen LogP contribution in [0.25, 0.3) is 5.76 Å². The first kappa shape index (κ1) is 23.5. The molecule has 1 aliphatic rings. The third-order valence-corrected chi connectivity index (χ3v) is 5.24. The predicted octanol–water partition coefficient (Wildman–Crippen LogP) is 3.84. The highest BCUT2D eigenvalue weighted by molar-refractivity contribution is 6.46. The first-order valence-corrected chi connectivity index (χ1v) is 10.6. The molecule has 6 nitrogen and oxygen atoms in total. The molecule has 2 aromatic carbocycles. The van der Waals surface area contributed by atoms with Crippen LogP contribution in [-0.4, -0.2) is 60.4 Å². The van der Waals surface area contributed by atoms with Crippen LogP contribution >= 0.6 is 0 Å². The molecule has 1 unspecified atom stereocenters. The van der Waals surface area contributed by atoms with Crippen LogP contribution in [0.4, 0.5) is 4.39 Å². The molecule has 32 heavy (non-hydrogen) atoms. The summed E-state index contributed by atoms with van der Waals surface area (Å²) in [6, 6.07) is 11.6. The van der Waals surface area contributed by atoms with E-state index in [2.05, 4.69) is 0 Å². The lowest BCUT2D eigenvalue weighted by Gasteiger charge is -2.26. The van der Waals surface area contributed by atoms with Crippen LogP contribution in [-0.2, 0) is 9.59 Å². The van der Waals surface area contributed by atoms with E-state index in [1.165, 1.54) is 17.0 Å². The number of benzene rings is 2. The maximum Gasteiger partial charge on any atom is 0.295 e. The lowest BCUT2D eigenvalue weighted by Crippen LogP contribution is -2.35. The minimum Gasteiger partial charge on any atom is -0.507 e. The fraction of sp³-hybridized carbons (Fsp3) is 0.360. The summed E-state index contributed by atoms with van der Waals surface area (Å²) in [4.78, 5) is 29.0. The number of ketones is 1. The van der Waals surface area contributed by atoms with Crippen molar-refractivity contribution in [3.8, 4) is 5.75 Å². The summed E-state index contributed by atoms with van der Waals surface area (Å²) in [6.07, 6.45) is 0. The Kier molecular flexibility index (Phi) is 7.30. The second kappa shape index (κ2) is 9.96. The lowest BCUT2D eigenvalue weighted by molar-refractivity contribution is -0.140. The Labute approximate surface area is 187 Å². The molecule has 2 aromatic rings. The maximum absolute atomic E-state index is 14.7. The van der Waals surface area contributed by atoms with Gasteiger partial charge in [0, 0.05) is 24.2 Å². The van der Waals surface area contributed by atoms with Crippen LogP contribution in [0, 0.1) is 11.7 Å². The molecule has 1 N–H and O–H groups in total. The van der Waals surface area contributed by atoms with E-state index >= 15 is 0 Å². The third-order valence-electron chi connectivity index (χ3n) is 5.24. The number of nitrogens with zero attached hydrogens (tertiary/aromatic N) is 2. The molecule has 170 valence electrons. The van der Waals surface area contributed by atoms with Crippen molar-refractivity contribution in [2.45, 2.75) is 19.9 Å². The van der Waals surface area contributed by atoms with Gasteiger partial charge in [0.1, 0.15) is 17.3 Å². The third kappa shape index (κ3) is 4.99. The van der Waals surface area contributed by atoms with Gasteiger partial charge in [-0.15, -0.1) is 0 Å².